The van der Waals surface area contributed by atoms with Crippen LogP contribution in [0.15, 0.2) is 36.4 Å². The number of rotatable bonds is 14. The second-order valence-corrected chi connectivity index (χ2v) is 7.86. The topological polar surface area (TPSA) is 105 Å². The number of esters is 3. The standard InChI is InChI=1S/C27H33FO8/c1-5-34-26(32)27(20(2)29,17-9-7-6-8-12-25(31)33-4)18-10-11-24(36-21(3)30)19-35-23-15-13-22(28)14-16-23/h10-11,13-16,24H,5-6,8,12,17-19H2,1-4H3/b11-10+. The van der Waals surface area contributed by atoms with E-state index in [4.69, 9.17) is 14.2 Å². The molecule has 0 aliphatic heterocycles. The van der Waals surface area contributed by atoms with Crippen LogP contribution in [0.25, 0.3) is 0 Å². The fraction of sp³-hybridized carbons (Fsp3) is 0.481. The lowest BCUT2D eigenvalue weighted by Crippen LogP contribution is -2.39. The molecule has 36 heavy (non-hydrogen) atoms. The molecule has 0 saturated carbocycles. The number of halogens is 1. The highest BCUT2D eigenvalue weighted by Gasteiger charge is 2.43. The molecule has 0 aliphatic carbocycles. The number of unbranched alkanes of at least 4 members (excludes halogenated alkanes) is 1. The van der Waals surface area contributed by atoms with Crippen molar-refractivity contribution in [2.75, 3.05) is 20.3 Å². The summed E-state index contributed by atoms with van der Waals surface area (Å²) >= 11 is 0. The van der Waals surface area contributed by atoms with E-state index in [0.29, 0.717) is 18.6 Å². The molecule has 0 spiro atoms. The highest BCUT2D eigenvalue weighted by atomic mass is 19.1. The van der Waals surface area contributed by atoms with Crippen LogP contribution in [0, 0.1) is 23.1 Å². The molecule has 2 atom stereocenters. The number of ether oxygens (including phenoxy) is 4. The predicted molar refractivity (Wildman–Crippen MR) is 129 cm³/mol. The molecule has 0 bridgehead atoms. The minimum Gasteiger partial charge on any atom is -0.489 e. The van der Waals surface area contributed by atoms with Crippen LogP contribution in [-0.2, 0) is 33.4 Å². The number of methoxy groups -OCH3 is 1. The van der Waals surface area contributed by atoms with E-state index in [1.165, 1.54) is 51.3 Å². The third-order valence-corrected chi connectivity index (χ3v) is 5.13. The summed E-state index contributed by atoms with van der Waals surface area (Å²) in [6.45, 7) is 4.21. The number of carbonyl (C=O) groups is 4. The Bertz CT molecular complexity index is 974. The molecule has 9 heteroatoms. The molecular formula is C27H33FO8. The van der Waals surface area contributed by atoms with Gasteiger partial charge in [-0.1, -0.05) is 6.08 Å². The number of hydrogen-bond donors (Lipinski definition) is 0. The fourth-order valence-corrected chi connectivity index (χ4v) is 3.11. The van der Waals surface area contributed by atoms with Crippen LogP contribution in [0.4, 0.5) is 4.39 Å². The maximum Gasteiger partial charge on any atom is 0.320 e. The van der Waals surface area contributed by atoms with Crippen molar-refractivity contribution in [3.63, 3.8) is 0 Å². The first-order valence-electron chi connectivity index (χ1n) is 11.6. The van der Waals surface area contributed by atoms with Crippen molar-refractivity contribution in [1.29, 1.82) is 0 Å². The summed E-state index contributed by atoms with van der Waals surface area (Å²) in [6, 6.07) is 5.36. The smallest absolute Gasteiger partial charge is 0.320 e. The average Bonchev–Trinajstić information content (AvgIpc) is 2.83. The lowest BCUT2D eigenvalue weighted by molar-refractivity contribution is -0.159. The highest BCUT2D eigenvalue weighted by molar-refractivity contribution is 6.03. The van der Waals surface area contributed by atoms with E-state index in [0.717, 1.165) is 0 Å². The third kappa shape index (κ3) is 10.7. The number of hydrogen-bond acceptors (Lipinski definition) is 8. The van der Waals surface area contributed by atoms with Gasteiger partial charge in [-0.3, -0.25) is 19.2 Å². The van der Waals surface area contributed by atoms with E-state index >= 15 is 0 Å². The SMILES string of the molecule is CCOC(=O)C(CC#CCCCC(=O)OC)(C/C=C/C(COc1ccc(F)cc1)OC(C)=O)C(C)=O. The van der Waals surface area contributed by atoms with E-state index in [2.05, 4.69) is 16.6 Å². The van der Waals surface area contributed by atoms with Crippen LogP contribution < -0.4 is 4.74 Å². The zero-order valence-corrected chi connectivity index (χ0v) is 21.1. The number of allylic oxidation sites excluding steroid dienone is 1. The third-order valence-electron chi connectivity index (χ3n) is 5.13. The van der Waals surface area contributed by atoms with Gasteiger partial charge in [-0.25, -0.2) is 4.39 Å². The molecule has 0 heterocycles. The average molecular weight is 505 g/mol. The molecule has 0 fully saturated rings. The molecule has 0 aromatic heterocycles. The summed E-state index contributed by atoms with van der Waals surface area (Å²) in [5, 5.41) is 0. The van der Waals surface area contributed by atoms with Crippen molar-refractivity contribution in [3.8, 4) is 17.6 Å². The lowest BCUT2D eigenvalue weighted by Gasteiger charge is -2.26. The normalized spacial score (nSPS) is 13.0. The van der Waals surface area contributed by atoms with Gasteiger partial charge < -0.3 is 18.9 Å². The largest absolute Gasteiger partial charge is 0.489 e. The monoisotopic (exact) mass is 504 g/mol. The molecule has 0 N–H and O–H groups in total. The zero-order chi connectivity index (χ0) is 27.0. The van der Waals surface area contributed by atoms with Crippen LogP contribution >= 0.6 is 0 Å². The maximum absolute atomic E-state index is 13.1. The number of Topliss-reactive ketones (excluding diaryl/α,β-unsaturated/α-hetero) is 1. The van der Waals surface area contributed by atoms with Crippen molar-refractivity contribution in [1.82, 2.24) is 0 Å². The van der Waals surface area contributed by atoms with Gasteiger partial charge in [-0.15, -0.1) is 11.8 Å². The first-order chi connectivity index (χ1) is 17.1. The van der Waals surface area contributed by atoms with E-state index < -0.39 is 35.1 Å². The van der Waals surface area contributed by atoms with Gasteiger partial charge in [0.2, 0.25) is 0 Å². The van der Waals surface area contributed by atoms with Crippen LogP contribution in [-0.4, -0.2) is 50.1 Å². The van der Waals surface area contributed by atoms with Crippen molar-refractivity contribution in [2.24, 2.45) is 5.41 Å². The van der Waals surface area contributed by atoms with E-state index in [1.807, 2.05) is 0 Å². The first-order valence-corrected chi connectivity index (χ1v) is 11.6. The Morgan fingerprint density at radius 2 is 1.81 bits per heavy atom. The Balaban J connectivity index is 2.97. The maximum atomic E-state index is 13.1. The first kappa shape index (κ1) is 30.4. The van der Waals surface area contributed by atoms with Crippen molar-refractivity contribution in [2.45, 2.75) is 59.0 Å². The Morgan fingerprint density at radius 1 is 1.11 bits per heavy atom. The molecule has 0 amide bonds. The van der Waals surface area contributed by atoms with Gasteiger partial charge in [0.15, 0.2) is 6.10 Å². The molecule has 196 valence electrons. The van der Waals surface area contributed by atoms with E-state index in [-0.39, 0.29) is 38.4 Å². The van der Waals surface area contributed by atoms with Crippen LogP contribution in [0.5, 0.6) is 5.75 Å². The molecule has 0 saturated heterocycles. The summed E-state index contributed by atoms with van der Waals surface area (Å²) in [6.07, 6.45) is 3.26. The van der Waals surface area contributed by atoms with Crippen LogP contribution in [0.1, 0.15) is 52.9 Å². The van der Waals surface area contributed by atoms with Gasteiger partial charge in [0.05, 0.1) is 13.7 Å². The van der Waals surface area contributed by atoms with Gasteiger partial charge >= 0.3 is 17.9 Å². The Kier molecular flexibility index (Phi) is 13.6. The summed E-state index contributed by atoms with van der Waals surface area (Å²) in [5.41, 5.74) is -1.54. The van der Waals surface area contributed by atoms with Gasteiger partial charge in [-0.2, -0.15) is 0 Å². The molecule has 1 aromatic carbocycles. The summed E-state index contributed by atoms with van der Waals surface area (Å²) in [5.74, 6) is 3.72. The Labute approximate surface area is 211 Å². The van der Waals surface area contributed by atoms with Gasteiger partial charge in [-0.05, 0) is 57.0 Å². The van der Waals surface area contributed by atoms with Crippen LogP contribution in [0.3, 0.4) is 0 Å². The van der Waals surface area contributed by atoms with E-state index in [1.54, 1.807) is 13.0 Å². The fourth-order valence-electron chi connectivity index (χ4n) is 3.11. The molecule has 1 rings (SSSR count). The van der Waals surface area contributed by atoms with Gasteiger partial charge in [0, 0.05) is 26.2 Å². The van der Waals surface area contributed by atoms with Crippen molar-refractivity contribution >= 4 is 23.7 Å². The second-order valence-electron chi connectivity index (χ2n) is 7.86. The van der Waals surface area contributed by atoms with Crippen molar-refractivity contribution in [3.05, 3.63) is 42.2 Å². The van der Waals surface area contributed by atoms with Gasteiger partial charge in [0.25, 0.3) is 0 Å². The summed E-state index contributed by atoms with van der Waals surface area (Å²) < 4.78 is 33.6. The van der Waals surface area contributed by atoms with Crippen LogP contribution in [0.2, 0.25) is 0 Å². The quantitative estimate of drug-likeness (QED) is 0.0936. The lowest BCUT2D eigenvalue weighted by atomic mass is 9.77. The molecule has 0 radical (unpaired) electrons. The van der Waals surface area contributed by atoms with Crippen molar-refractivity contribution < 1.29 is 42.5 Å². The summed E-state index contributed by atoms with van der Waals surface area (Å²) in [7, 11) is 1.31. The molecule has 8 nitrogen and oxygen atoms in total. The second kappa shape index (κ2) is 16.1. The minimum absolute atomic E-state index is 0.0354. The predicted octanol–water partition coefficient (Wildman–Crippen LogP) is 3.96. The number of carbonyl (C=O) groups excluding carboxylic acids is 4. The molecular weight excluding hydrogens is 471 g/mol. The minimum atomic E-state index is -1.54. The van der Waals surface area contributed by atoms with Gasteiger partial charge in [0.1, 0.15) is 29.4 Å². The molecule has 0 aliphatic rings. The highest BCUT2D eigenvalue weighted by Crippen LogP contribution is 2.31. The zero-order valence-electron chi connectivity index (χ0n) is 21.1. The summed E-state index contributed by atoms with van der Waals surface area (Å²) in [4.78, 5) is 48.1. The Hall–Kier alpha value is -3.67. The number of ketones is 1. The number of benzene rings is 1. The Morgan fingerprint density at radius 3 is 2.39 bits per heavy atom. The molecule has 2 unspecified atom stereocenters. The molecule has 1 aromatic rings. The van der Waals surface area contributed by atoms with E-state index in [9.17, 15) is 23.6 Å².